The number of rotatable bonds is 1. The molecule has 1 aliphatic heterocycles. The van der Waals surface area contributed by atoms with Crippen molar-refractivity contribution in [2.24, 2.45) is 4.99 Å². The quantitative estimate of drug-likeness (QED) is 0.184. The molecule has 0 aliphatic carbocycles. The van der Waals surface area contributed by atoms with Gasteiger partial charge in [0.1, 0.15) is 6.17 Å². The fraction of sp³-hybridized carbons (Fsp3) is 0.0217. The topological polar surface area (TPSA) is 38.7 Å². The van der Waals surface area contributed by atoms with Gasteiger partial charge in [-0.25, -0.2) is 4.99 Å². The van der Waals surface area contributed by atoms with Gasteiger partial charge in [0, 0.05) is 53.2 Å². The van der Waals surface area contributed by atoms with Gasteiger partial charge in [0.2, 0.25) is 5.96 Å². The van der Waals surface area contributed by atoms with E-state index in [-0.39, 0.29) is 6.17 Å². The Labute approximate surface area is 300 Å². The maximum atomic E-state index is 5.60. The number of hydrogen-bond donors (Lipinski definition) is 1. The van der Waals surface area contributed by atoms with Crippen LogP contribution in [0.15, 0.2) is 157 Å². The van der Waals surface area contributed by atoms with E-state index in [1.165, 1.54) is 85.6 Å². The Hall–Kier alpha value is -6.63. The summed E-state index contributed by atoms with van der Waals surface area (Å²) >= 11 is 1.84. The van der Waals surface area contributed by atoms with Crippen LogP contribution in [0.5, 0.6) is 0 Å². The SMILES string of the molecule is c1ccc2c3c(sc2c1)C(n1c2ccccc2c2ccccc21)NC(n1c2ccccc2c2c4c5ccccc5n5c6ccccc6c(cc21)c45)=N3. The number of hydrogen-bond acceptors (Lipinski definition) is 3. The Morgan fingerprint density at radius 1 is 0.481 bits per heavy atom. The summed E-state index contributed by atoms with van der Waals surface area (Å²) in [7, 11) is 0. The molecule has 1 unspecified atom stereocenters. The molecule has 5 aromatic heterocycles. The van der Waals surface area contributed by atoms with Crippen molar-refractivity contribution in [3.05, 3.63) is 157 Å². The average Bonchev–Trinajstić information content (AvgIpc) is 3.99. The minimum atomic E-state index is -0.178. The standard InChI is InChI=1S/C46H27N5S/c1-8-20-34-26(13-1)27-14-2-9-21-35(27)50(34)45-44-42(31-18-6-12-24-39(31)52-44)47-46(48-45)51-37-23-11-4-16-29(37)40-38(51)25-32-28-15-3-7-19-33(28)49-36-22-10-5-17-30(36)41(40)43(32)49/h1-25,45H,(H,47,48). The van der Waals surface area contributed by atoms with Crippen molar-refractivity contribution in [1.29, 1.82) is 0 Å². The predicted molar refractivity (Wildman–Crippen MR) is 219 cm³/mol. The van der Waals surface area contributed by atoms with Crippen molar-refractivity contribution in [3.63, 3.8) is 0 Å². The summed E-state index contributed by atoms with van der Waals surface area (Å²) in [6.07, 6.45) is -0.178. The summed E-state index contributed by atoms with van der Waals surface area (Å²) in [5.41, 5.74) is 9.49. The molecule has 0 fully saturated rings. The van der Waals surface area contributed by atoms with E-state index in [1.54, 1.807) is 0 Å². The first kappa shape index (κ1) is 27.1. The molecule has 13 rings (SSSR count). The van der Waals surface area contributed by atoms with Gasteiger partial charge in [-0.15, -0.1) is 11.3 Å². The van der Waals surface area contributed by atoms with Crippen molar-refractivity contribution in [3.8, 4) is 0 Å². The van der Waals surface area contributed by atoms with E-state index >= 15 is 0 Å². The van der Waals surface area contributed by atoms with Crippen LogP contribution in [0.3, 0.4) is 0 Å². The highest BCUT2D eigenvalue weighted by molar-refractivity contribution is 7.19. The number of fused-ring (bicyclic) bond motifs is 16. The van der Waals surface area contributed by atoms with Crippen LogP contribution in [0.1, 0.15) is 11.0 Å². The molecule has 1 aliphatic rings. The molecule has 1 N–H and O–H groups in total. The van der Waals surface area contributed by atoms with Gasteiger partial charge in [-0.3, -0.25) is 4.57 Å². The van der Waals surface area contributed by atoms with Crippen LogP contribution >= 0.6 is 11.3 Å². The lowest BCUT2D eigenvalue weighted by Crippen LogP contribution is -2.38. The molecule has 6 heteroatoms. The van der Waals surface area contributed by atoms with Crippen molar-refractivity contribution in [2.45, 2.75) is 6.17 Å². The highest BCUT2D eigenvalue weighted by Gasteiger charge is 2.32. The molecule has 6 heterocycles. The highest BCUT2D eigenvalue weighted by atomic mass is 32.1. The molecule has 0 bridgehead atoms. The van der Waals surface area contributed by atoms with Crippen LogP contribution in [-0.4, -0.2) is 19.5 Å². The van der Waals surface area contributed by atoms with Crippen molar-refractivity contribution < 1.29 is 0 Å². The second-order valence-electron chi connectivity index (χ2n) is 14.0. The number of nitrogens with one attached hydrogen (secondary N) is 1. The fourth-order valence-electron chi connectivity index (χ4n) is 9.40. The maximum absolute atomic E-state index is 5.60. The third-order valence-corrected chi connectivity index (χ3v) is 12.6. The van der Waals surface area contributed by atoms with E-state index in [4.69, 9.17) is 4.99 Å². The molecular weight excluding hydrogens is 655 g/mol. The summed E-state index contributed by atoms with van der Waals surface area (Å²) in [6, 6.07) is 55.3. The van der Waals surface area contributed by atoms with Crippen LogP contribution in [-0.2, 0) is 0 Å². The molecule has 0 saturated heterocycles. The van der Waals surface area contributed by atoms with Gasteiger partial charge in [-0.2, -0.15) is 0 Å². The third-order valence-electron chi connectivity index (χ3n) is 11.4. The van der Waals surface area contributed by atoms with Crippen molar-refractivity contribution in [1.82, 2.24) is 18.9 Å². The smallest absolute Gasteiger partial charge is 0.210 e. The summed E-state index contributed by atoms with van der Waals surface area (Å²) < 4.78 is 8.60. The first-order valence-electron chi connectivity index (χ1n) is 17.8. The molecule has 0 spiro atoms. The zero-order valence-corrected chi connectivity index (χ0v) is 28.5. The monoisotopic (exact) mass is 681 g/mol. The summed E-state index contributed by atoms with van der Waals surface area (Å²) in [5, 5.41) is 15.3. The van der Waals surface area contributed by atoms with Crippen LogP contribution in [0, 0.1) is 0 Å². The Morgan fingerprint density at radius 2 is 1.00 bits per heavy atom. The lowest BCUT2D eigenvalue weighted by atomic mass is 10.0. The van der Waals surface area contributed by atoms with Crippen molar-refractivity contribution in [2.75, 3.05) is 0 Å². The van der Waals surface area contributed by atoms with Gasteiger partial charge >= 0.3 is 0 Å². The minimum Gasteiger partial charge on any atom is -0.330 e. The number of para-hydroxylation sites is 5. The van der Waals surface area contributed by atoms with Gasteiger partial charge in [-0.05, 0) is 42.5 Å². The number of aliphatic imine (C=N–C) groups is 1. The van der Waals surface area contributed by atoms with E-state index < -0.39 is 0 Å². The van der Waals surface area contributed by atoms with E-state index in [1.807, 2.05) is 11.3 Å². The van der Waals surface area contributed by atoms with E-state index in [0.29, 0.717) is 0 Å². The lowest BCUT2D eigenvalue weighted by molar-refractivity contribution is 0.581. The molecule has 12 aromatic rings. The van der Waals surface area contributed by atoms with Gasteiger partial charge in [0.05, 0.1) is 49.2 Å². The zero-order valence-electron chi connectivity index (χ0n) is 27.7. The Kier molecular flexibility index (Phi) is 5.00. The van der Waals surface area contributed by atoms with Gasteiger partial charge in [0.15, 0.2) is 0 Å². The zero-order chi connectivity index (χ0) is 33.7. The van der Waals surface area contributed by atoms with Crippen LogP contribution in [0.25, 0.3) is 91.8 Å². The summed E-state index contributed by atoms with van der Waals surface area (Å²) in [5.74, 6) is 0.829. The normalized spacial score (nSPS) is 15.0. The molecular formula is C46H27N5S. The first-order valence-corrected chi connectivity index (χ1v) is 18.6. The second-order valence-corrected chi connectivity index (χ2v) is 15.0. The van der Waals surface area contributed by atoms with Gasteiger partial charge in [0.25, 0.3) is 0 Å². The molecule has 0 amide bonds. The molecule has 7 aromatic carbocycles. The Morgan fingerprint density at radius 3 is 1.69 bits per heavy atom. The maximum Gasteiger partial charge on any atom is 0.210 e. The van der Waals surface area contributed by atoms with Crippen molar-refractivity contribution >= 4 is 115 Å². The second kappa shape index (κ2) is 9.57. The molecule has 1 atom stereocenters. The predicted octanol–water partition coefficient (Wildman–Crippen LogP) is 12.0. The largest absolute Gasteiger partial charge is 0.330 e. The van der Waals surface area contributed by atoms with E-state index in [2.05, 4.69) is 171 Å². The molecule has 0 radical (unpaired) electrons. The number of aromatic nitrogens is 3. The molecule has 242 valence electrons. The number of thiophene rings is 1. The van der Waals surface area contributed by atoms with Gasteiger partial charge in [-0.1, -0.05) is 109 Å². The molecule has 0 saturated carbocycles. The summed E-state index contributed by atoms with van der Waals surface area (Å²) in [6.45, 7) is 0. The van der Waals surface area contributed by atoms with Crippen LogP contribution in [0.2, 0.25) is 0 Å². The third kappa shape index (κ3) is 3.23. The highest BCUT2D eigenvalue weighted by Crippen LogP contribution is 2.49. The number of benzene rings is 7. The lowest BCUT2D eigenvalue weighted by Gasteiger charge is -2.28. The first-order chi connectivity index (χ1) is 25.8. The van der Waals surface area contributed by atoms with Crippen LogP contribution < -0.4 is 5.32 Å². The molecule has 5 nitrogen and oxygen atoms in total. The average molecular weight is 682 g/mol. The fourth-order valence-corrected chi connectivity index (χ4v) is 10.6. The Balaban J connectivity index is 1.19. The van der Waals surface area contributed by atoms with E-state index in [9.17, 15) is 0 Å². The minimum absolute atomic E-state index is 0.178. The van der Waals surface area contributed by atoms with Gasteiger partial charge < -0.3 is 14.3 Å². The molecule has 52 heavy (non-hydrogen) atoms. The number of nitrogens with zero attached hydrogens (tertiary/aromatic N) is 4. The van der Waals surface area contributed by atoms with Crippen LogP contribution in [0.4, 0.5) is 5.69 Å². The Bertz CT molecular complexity index is 3460. The summed E-state index contributed by atoms with van der Waals surface area (Å²) in [4.78, 5) is 6.82. The van der Waals surface area contributed by atoms with E-state index in [0.717, 1.165) is 22.7 Å².